The average molecular weight is 313 g/mol. The first-order valence-electron chi connectivity index (χ1n) is 7.18. The van der Waals surface area contributed by atoms with Gasteiger partial charge >= 0.3 is 11.9 Å². The number of aromatic nitrogens is 1. The zero-order valence-corrected chi connectivity index (χ0v) is 13.6. The summed E-state index contributed by atoms with van der Waals surface area (Å²) in [5.74, 6) is -0.549. The molecular weight excluding hydrogens is 294 g/mol. The summed E-state index contributed by atoms with van der Waals surface area (Å²) in [5, 5.41) is 0. The Morgan fingerprint density at radius 1 is 0.957 bits per heavy atom. The smallest absolute Gasteiger partial charge is 0.343 e. The lowest BCUT2D eigenvalue weighted by molar-refractivity contribution is 0.0600. The molecular formula is C18H19NO4. The second-order valence-electron chi connectivity index (χ2n) is 6.09. The molecule has 0 amide bonds. The van der Waals surface area contributed by atoms with Crippen molar-refractivity contribution in [2.75, 3.05) is 7.11 Å². The highest BCUT2D eigenvalue weighted by Crippen LogP contribution is 2.21. The van der Waals surface area contributed by atoms with E-state index in [0.29, 0.717) is 16.9 Å². The molecule has 2 aromatic rings. The molecule has 1 aromatic heterocycles. The Hall–Kier alpha value is -2.69. The molecule has 1 heterocycles. The van der Waals surface area contributed by atoms with Crippen LogP contribution in [0.1, 0.15) is 47.2 Å². The number of pyridine rings is 1. The Kier molecular flexibility index (Phi) is 4.79. The first-order chi connectivity index (χ1) is 10.8. The minimum atomic E-state index is -0.469. The number of esters is 2. The fraction of sp³-hybridized carbons (Fsp3) is 0.278. The van der Waals surface area contributed by atoms with Crippen LogP contribution in [0.2, 0.25) is 0 Å². The van der Waals surface area contributed by atoms with E-state index in [1.165, 1.54) is 7.11 Å². The second kappa shape index (κ2) is 6.60. The molecule has 0 atom stereocenters. The van der Waals surface area contributed by atoms with Crippen LogP contribution in [-0.2, 0) is 10.2 Å². The fourth-order valence-electron chi connectivity index (χ4n) is 1.91. The van der Waals surface area contributed by atoms with E-state index in [-0.39, 0.29) is 5.41 Å². The van der Waals surface area contributed by atoms with Crippen LogP contribution in [-0.4, -0.2) is 24.0 Å². The number of methoxy groups -OCH3 is 1. The number of hydrogen-bond acceptors (Lipinski definition) is 5. The summed E-state index contributed by atoms with van der Waals surface area (Å²) in [6, 6.07) is 9.53. The van der Waals surface area contributed by atoms with Gasteiger partial charge in [0.05, 0.1) is 18.2 Å². The zero-order chi connectivity index (χ0) is 17.0. The maximum atomic E-state index is 12.2. The minimum Gasteiger partial charge on any atom is -0.465 e. The maximum Gasteiger partial charge on any atom is 0.343 e. The van der Waals surface area contributed by atoms with Crippen LogP contribution in [0.3, 0.4) is 0 Å². The molecule has 0 spiro atoms. The molecule has 0 radical (unpaired) electrons. The molecule has 0 N–H and O–H groups in total. The summed E-state index contributed by atoms with van der Waals surface area (Å²) in [7, 11) is 1.31. The van der Waals surface area contributed by atoms with Gasteiger partial charge in [-0.1, -0.05) is 20.8 Å². The highest BCUT2D eigenvalue weighted by molar-refractivity contribution is 5.92. The van der Waals surface area contributed by atoms with Gasteiger partial charge in [-0.2, -0.15) is 0 Å². The lowest BCUT2D eigenvalue weighted by Gasteiger charge is -2.17. The van der Waals surface area contributed by atoms with E-state index in [1.807, 2.05) is 20.8 Å². The Balaban J connectivity index is 2.15. The Labute approximate surface area is 135 Å². The summed E-state index contributed by atoms with van der Waals surface area (Å²) in [6.45, 7) is 6.07. The minimum absolute atomic E-state index is 0.154. The van der Waals surface area contributed by atoms with Crippen LogP contribution < -0.4 is 4.74 Å². The van der Waals surface area contributed by atoms with Crippen molar-refractivity contribution in [2.24, 2.45) is 0 Å². The molecule has 0 fully saturated rings. The Morgan fingerprint density at radius 3 is 2.17 bits per heavy atom. The molecule has 0 aliphatic carbocycles. The Bertz CT molecular complexity index is 715. The topological polar surface area (TPSA) is 65.5 Å². The van der Waals surface area contributed by atoms with Gasteiger partial charge in [0.1, 0.15) is 5.75 Å². The average Bonchev–Trinajstić information content (AvgIpc) is 2.54. The molecule has 0 bridgehead atoms. The molecule has 0 saturated heterocycles. The number of carbonyl (C=O) groups excluding carboxylic acids is 2. The molecule has 5 heteroatoms. The van der Waals surface area contributed by atoms with E-state index >= 15 is 0 Å². The quantitative estimate of drug-likeness (QED) is 0.642. The predicted octanol–water partition coefficient (Wildman–Crippen LogP) is 3.38. The van der Waals surface area contributed by atoms with E-state index < -0.39 is 11.9 Å². The lowest BCUT2D eigenvalue weighted by atomic mass is 9.91. The summed E-state index contributed by atoms with van der Waals surface area (Å²) in [4.78, 5) is 27.9. The highest BCUT2D eigenvalue weighted by Gasteiger charge is 2.18. The van der Waals surface area contributed by atoms with Crippen molar-refractivity contribution < 1.29 is 19.1 Å². The van der Waals surface area contributed by atoms with Crippen molar-refractivity contribution in [3.63, 3.8) is 0 Å². The molecule has 0 aliphatic rings. The van der Waals surface area contributed by atoms with Gasteiger partial charge in [0.25, 0.3) is 0 Å². The van der Waals surface area contributed by atoms with Gasteiger partial charge in [0.2, 0.25) is 0 Å². The van der Waals surface area contributed by atoms with Crippen molar-refractivity contribution >= 4 is 11.9 Å². The summed E-state index contributed by atoms with van der Waals surface area (Å²) in [5.41, 5.74) is 1.49. The predicted molar refractivity (Wildman–Crippen MR) is 85.7 cm³/mol. The van der Waals surface area contributed by atoms with Crippen molar-refractivity contribution in [1.82, 2.24) is 4.98 Å². The van der Waals surface area contributed by atoms with E-state index in [0.717, 1.165) is 5.69 Å². The highest BCUT2D eigenvalue weighted by atomic mass is 16.5. The van der Waals surface area contributed by atoms with Crippen molar-refractivity contribution in [2.45, 2.75) is 26.2 Å². The number of carbonyl (C=O) groups is 2. The molecule has 5 nitrogen and oxygen atoms in total. The number of hydrogen-bond donors (Lipinski definition) is 0. The summed E-state index contributed by atoms with van der Waals surface area (Å²) < 4.78 is 9.94. The second-order valence-corrected chi connectivity index (χ2v) is 6.09. The summed E-state index contributed by atoms with van der Waals surface area (Å²) >= 11 is 0. The van der Waals surface area contributed by atoms with Gasteiger partial charge in [-0.05, 0) is 36.4 Å². The number of nitrogens with zero attached hydrogens (tertiary/aromatic N) is 1. The molecule has 0 saturated carbocycles. The van der Waals surface area contributed by atoms with Crippen LogP contribution in [0, 0.1) is 0 Å². The SMILES string of the molecule is COC(=O)c1ccc(OC(=O)c2ccnc(C(C)(C)C)c2)cc1. The monoisotopic (exact) mass is 313 g/mol. The normalized spacial score (nSPS) is 11.0. The van der Waals surface area contributed by atoms with Crippen LogP contribution in [0.5, 0.6) is 5.75 Å². The molecule has 2 rings (SSSR count). The number of ether oxygens (including phenoxy) is 2. The van der Waals surface area contributed by atoms with Crippen LogP contribution in [0.25, 0.3) is 0 Å². The van der Waals surface area contributed by atoms with Crippen molar-refractivity contribution in [3.8, 4) is 5.75 Å². The van der Waals surface area contributed by atoms with Crippen molar-refractivity contribution in [3.05, 3.63) is 59.4 Å². The van der Waals surface area contributed by atoms with Crippen LogP contribution in [0.4, 0.5) is 0 Å². The third-order valence-electron chi connectivity index (χ3n) is 3.25. The lowest BCUT2D eigenvalue weighted by Crippen LogP contribution is -2.16. The first-order valence-corrected chi connectivity index (χ1v) is 7.18. The van der Waals surface area contributed by atoms with Gasteiger partial charge in [-0.15, -0.1) is 0 Å². The number of benzene rings is 1. The van der Waals surface area contributed by atoms with Gasteiger partial charge in [0.15, 0.2) is 0 Å². The zero-order valence-electron chi connectivity index (χ0n) is 13.6. The molecule has 0 aliphatic heterocycles. The molecule has 0 unspecified atom stereocenters. The number of rotatable bonds is 3. The standard InChI is InChI=1S/C18H19NO4/c1-18(2,3)15-11-13(9-10-19-15)17(21)23-14-7-5-12(6-8-14)16(20)22-4/h5-11H,1-4H3. The van der Waals surface area contributed by atoms with E-state index in [9.17, 15) is 9.59 Å². The van der Waals surface area contributed by atoms with Gasteiger partial charge < -0.3 is 9.47 Å². The van der Waals surface area contributed by atoms with E-state index in [1.54, 1.807) is 42.6 Å². The Morgan fingerprint density at radius 2 is 1.61 bits per heavy atom. The first kappa shape index (κ1) is 16.7. The fourth-order valence-corrected chi connectivity index (χ4v) is 1.91. The third-order valence-corrected chi connectivity index (χ3v) is 3.25. The van der Waals surface area contributed by atoms with Crippen LogP contribution in [0.15, 0.2) is 42.6 Å². The van der Waals surface area contributed by atoms with Gasteiger partial charge in [-0.3, -0.25) is 4.98 Å². The van der Waals surface area contributed by atoms with Gasteiger partial charge in [-0.25, -0.2) is 9.59 Å². The molecule has 1 aromatic carbocycles. The maximum absolute atomic E-state index is 12.2. The molecule has 120 valence electrons. The summed E-state index contributed by atoms with van der Waals surface area (Å²) in [6.07, 6.45) is 1.59. The van der Waals surface area contributed by atoms with E-state index in [4.69, 9.17) is 4.74 Å². The largest absolute Gasteiger partial charge is 0.465 e. The van der Waals surface area contributed by atoms with Gasteiger partial charge in [0, 0.05) is 17.3 Å². The molecule has 23 heavy (non-hydrogen) atoms. The van der Waals surface area contributed by atoms with E-state index in [2.05, 4.69) is 9.72 Å². The van der Waals surface area contributed by atoms with Crippen molar-refractivity contribution in [1.29, 1.82) is 0 Å². The van der Waals surface area contributed by atoms with Crippen LogP contribution >= 0.6 is 0 Å². The third kappa shape index (κ3) is 4.16.